The summed E-state index contributed by atoms with van der Waals surface area (Å²) in [7, 11) is 0. The zero-order chi connectivity index (χ0) is 14.3. The maximum Gasteiger partial charge on any atom is 0.302 e. The second-order valence-corrected chi connectivity index (χ2v) is 5.43. The van der Waals surface area contributed by atoms with Gasteiger partial charge in [-0.1, -0.05) is 13.8 Å². The minimum atomic E-state index is -0.224. The molecule has 3 atom stereocenters. The molecule has 2 bridgehead atoms. The molecule has 1 fully saturated rings. The monoisotopic (exact) mass is 279 g/mol. The normalized spacial score (nSPS) is 27.5. The van der Waals surface area contributed by atoms with E-state index in [1.54, 1.807) is 13.1 Å². The van der Waals surface area contributed by atoms with E-state index in [2.05, 4.69) is 23.7 Å². The van der Waals surface area contributed by atoms with E-state index in [4.69, 9.17) is 9.47 Å². The van der Waals surface area contributed by atoms with E-state index >= 15 is 0 Å². The van der Waals surface area contributed by atoms with Gasteiger partial charge in [0.05, 0.1) is 0 Å². The number of fused-ring (bicyclic) bond motifs is 4. The van der Waals surface area contributed by atoms with Crippen molar-refractivity contribution in [2.24, 2.45) is 0 Å². The van der Waals surface area contributed by atoms with Crippen LogP contribution in [0.1, 0.15) is 32.1 Å². The molecule has 110 valence electrons. The largest absolute Gasteiger partial charge is 0.458 e. The number of aromatic nitrogens is 2. The molecule has 6 heteroatoms. The molecule has 0 saturated carbocycles. The first kappa shape index (κ1) is 13.6. The fourth-order valence-corrected chi connectivity index (χ4v) is 2.88. The van der Waals surface area contributed by atoms with Crippen LogP contribution in [0.15, 0.2) is 11.0 Å². The molecule has 0 radical (unpaired) electrons. The number of nitrogens with zero attached hydrogens (tertiary/aromatic N) is 3. The predicted molar refractivity (Wildman–Crippen MR) is 74.0 cm³/mol. The van der Waals surface area contributed by atoms with Gasteiger partial charge in [-0.15, -0.1) is 0 Å². The van der Waals surface area contributed by atoms with E-state index in [1.807, 2.05) is 4.57 Å². The average Bonchev–Trinajstić information content (AvgIpc) is 2.76. The summed E-state index contributed by atoms with van der Waals surface area (Å²) in [5, 5.41) is 0. The van der Waals surface area contributed by atoms with Gasteiger partial charge in [0.2, 0.25) is 0 Å². The lowest BCUT2D eigenvalue weighted by Crippen LogP contribution is -2.39. The number of hydrogen-bond donors (Lipinski definition) is 0. The summed E-state index contributed by atoms with van der Waals surface area (Å²) in [4.78, 5) is 17.9. The van der Waals surface area contributed by atoms with Gasteiger partial charge >= 0.3 is 6.01 Å². The van der Waals surface area contributed by atoms with Crippen LogP contribution in [0.2, 0.25) is 0 Å². The Morgan fingerprint density at radius 3 is 2.90 bits per heavy atom. The molecule has 1 saturated heterocycles. The van der Waals surface area contributed by atoms with Crippen molar-refractivity contribution >= 4 is 0 Å². The first-order chi connectivity index (χ1) is 9.62. The quantitative estimate of drug-likeness (QED) is 0.821. The minimum absolute atomic E-state index is 0.00444. The average molecular weight is 279 g/mol. The van der Waals surface area contributed by atoms with Gasteiger partial charge < -0.3 is 14.4 Å². The Kier molecular flexibility index (Phi) is 3.52. The van der Waals surface area contributed by atoms with Gasteiger partial charge in [-0.2, -0.15) is 4.98 Å². The number of ether oxygens (including phenoxy) is 2. The Morgan fingerprint density at radius 2 is 2.20 bits per heavy atom. The summed E-state index contributed by atoms with van der Waals surface area (Å²) in [6.45, 7) is 8.89. The van der Waals surface area contributed by atoms with Gasteiger partial charge in [-0.25, -0.2) is 0 Å². The zero-order valence-electron chi connectivity index (χ0n) is 12.2. The van der Waals surface area contributed by atoms with Crippen LogP contribution in [-0.2, 0) is 4.74 Å². The van der Waals surface area contributed by atoms with Crippen molar-refractivity contribution in [3.8, 4) is 6.01 Å². The molecule has 2 aliphatic heterocycles. The second-order valence-electron chi connectivity index (χ2n) is 5.43. The van der Waals surface area contributed by atoms with Gasteiger partial charge in [0, 0.05) is 24.7 Å². The maximum atomic E-state index is 11.6. The van der Waals surface area contributed by atoms with Crippen LogP contribution in [0.3, 0.4) is 0 Å². The number of rotatable bonds is 4. The molecule has 0 amide bonds. The molecule has 0 unspecified atom stereocenters. The Hall–Kier alpha value is -1.40. The van der Waals surface area contributed by atoms with Gasteiger partial charge in [-0.05, 0) is 20.0 Å². The van der Waals surface area contributed by atoms with Crippen LogP contribution < -0.4 is 10.3 Å². The molecular weight excluding hydrogens is 258 g/mol. The zero-order valence-corrected chi connectivity index (χ0v) is 12.2. The third-order valence-corrected chi connectivity index (χ3v) is 4.17. The molecule has 20 heavy (non-hydrogen) atoms. The van der Waals surface area contributed by atoms with Crippen molar-refractivity contribution in [1.82, 2.24) is 14.5 Å². The molecule has 2 aliphatic rings. The second kappa shape index (κ2) is 5.18. The fourth-order valence-electron chi connectivity index (χ4n) is 2.88. The molecule has 3 rings (SSSR count). The first-order valence-electron chi connectivity index (χ1n) is 7.26. The molecule has 3 heterocycles. The highest BCUT2D eigenvalue weighted by molar-refractivity contribution is 5.13. The van der Waals surface area contributed by atoms with Crippen LogP contribution in [0.25, 0.3) is 0 Å². The SMILES string of the molecule is CCN(CC)C[C@H]1O[C@@H]2C[C@H]1Oc1nc(=O)c(C)cn12. The van der Waals surface area contributed by atoms with Crippen molar-refractivity contribution < 1.29 is 9.47 Å². The number of hydrogen-bond acceptors (Lipinski definition) is 5. The van der Waals surface area contributed by atoms with Gasteiger partial charge in [0.25, 0.3) is 5.56 Å². The lowest BCUT2D eigenvalue weighted by atomic mass is 10.1. The highest BCUT2D eigenvalue weighted by Gasteiger charge is 2.43. The Morgan fingerprint density at radius 1 is 1.45 bits per heavy atom. The highest BCUT2D eigenvalue weighted by Crippen LogP contribution is 2.37. The van der Waals surface area contributed by atoms with E-state index in [-0.39, 0.29) is 24.0 Å². The third-order valence-electron chi connectivity index (χ3n) is 4.17. The fraction of sp³-hybridized carbons (Fsp3) is 0.714. The van der Waals surface area contributed by atoms with Crippen LogP contribution in [0.4, 0.5) is 0 Å². The lowest BCUT2D eigenvalue weighted by Gasteiger charge is -2.25. The summed E-state index contributed by atoms with van der Waals surface area (Å²) in [5.41, 5.74) is 0.393. The number of aryl methyl sites for hydroxylation is 1. The predicted octanol–water partition coefficient (Wildman–Crippen LogP) is 0.942. The maximum absolute atomic E-state index is 11.6. The topological polar surface area (TPSA) is 56.6 Å². The van der Waals surface area contributed by atoms with Gasteiger partial charge in [0.15, 0.2) is 0 Å². The third kappa shape index (κ3) is 2.23. The Labute approximate surface area is 118 Å². The van der Waals surface area contributed by atoms with Gasteiger partial charge in [0.1, 0.15) is 18.4 Å². The smallest absolute Gasteiger partial charge is 0.302 e. The lowest BCUT2D eigenvalue weighted by molar-refractivity contribution is -0.0134. The van der Waals surface area contributed by atoms with Crippen LogP contribution >= 0.6 is 0 Å². The molecular formula is C14H21N3O3. The summed E-state index contributed by atoms with van der Waals surface area (Å²) < 4.78 is 13.8. The van der Waals surface area contributed by atoms with E-state index < -0.39 is 0 Å². The van der Waals surface area contributed by atoms with E-state index in [0.717, 1.165) is 26.1 Å². The molecule has 6 nitrogen and oxygen atoms in total. The van der Waals surface area contributed by atoms with Gasteiger partial charge in [-0.3, -0.25) is 9.36 Å². The number of likely N-dealkylation sites (N-methyl/N-ethyl adjacent to an activating group) is 1. The van der Waals surface area contributed by atoms with Crippen molar-refractivity contribution in [2.45, 2.75) is 45.6 Å². The van der Waals surface area contributed by atoms with E-state index in [9.17, 15) is 4.79 Å². The van der Waals surface area contributed by atoms with Crippen molar-refractivity contribution in [3.05, 3.63) is 22.1 Å². The van der Waals surface area contributed by atoms with E-state index in [0.29, 0.717) is 11.6 Å². The summed E-state index contributed by atoms with van der Waals surface area (Å²) >= 11 is 0. The van der Waals surface area contributed by atoms with Crippen molar-refractivity contribution in [3.63, 3.8) is 0 Å². The molecule has 1 aromatic rings. The van der Waals surface area contributed by atoms with Crippen molar-refractivity contribution in [2.75, 3.05) is 19.6 Å². The molecule has 0 aliphatic carbocycles. The highest BCUT2D eigenvalue weighted by atomic mass is 16.6. The van der Waals surface area contributed by atoms with E-state index in [1.165, 1.54) is 0 Å². The summed E-state index contributed by atoms with van der Waals surface area (Å²) in [6, 6.07) is 0.392. The van der Waals surface area contributed by atoms with Crippen LogP contribution in [0.5, 0.6) is 6.01 Å². The molecule has 0 aromatic carbocycles. The molecule has 0 N–H and O–H groups in total. The van der Waals surface area contributed by atoms with Crippen LogP contribution in [-0.4, -0.2) is 46.3 Å². The Balaban J connectivity index is 1.82. The van der Waals surface area contributed by atoms with Crippen LogP contribution in [0, 0.1) is 6.92 Å². The Bertz CT molecular complexity index is 553. The minimum Gasteiger partial charge on any atom is -0.458 e. The molecule has 1 aromatic heterocycles. The van der Waals surface area contributed by atoms with Crippen molar-refractivity contribution in [1.29, 1.82) is 0 Å². The molecule has 0 spiro atoms. The summed E-state index contributed by atoms with van der Waals surface area (Å²) in [6.07, 6.45) is 2.58. The first-order valence-corrected chi connectivity index (χ1v) is 7.26. The summed E-state index contributed by atoms with van der Waals surface area (Å²) in [5.74, 6) is 0. The standard InChI is InChI=1S/C14H21N3O3/c1-4-16(5-2)8-11-10-6-12(19-11)17-7-9(3)13(18)15-14(17)20-10/h7,10-12H,4-6,8H2,1-3H3/t10-,11-,12-/m1/s1.